The molecular weight excluding hydrogens is 234 g/mol. The molecule has 0 N–H and O–H groups in total. The molecule has 1 fully saturated rings. The van der Waals surface area contributed by atoms with Gasteiger partial charge in [-0.2, -0.15) is 8.75 Å². The molecule has 1 unspecified atom stereocenters. The minimum Gasteiger partial charge on any atom is -0.376 e. The van der Waals surface area contributed by atoms with Gasteiger partial charge in [0.25, 0.3) is 0 Å². The van der Waals surface area contributed by atoms with Gasteiger partial charge in [-0.15, -0.1) is 0 Å². The van der Waals surface area contributed by atoms with Gasteiger partial charge in [0.05, 0.1) is 17.8 Å². The monoisotopic (exact) mass is 247 g/mol. The summed E-state index contributed by atoms with van der Waals surface area (Å²) in [6.45, 7) is 1.71. The number of nitrogens with zero attached hydrogens (tertiary/aromatic N) is 3. The Bertz CT molecular complexity index is 314. The number of likely N-dealkylation sites (N-methyl/N-ethyl adjacent to an activating group) is 1. The lowest BCUT2D eigenvalue weighted by atomic mass is 10.1. The van der Waals surface area contributed by atoms with E-state index in [9.17, 15) is 0 Å². The van der Waals surface area contributed by atoms with Gasteiger partial charge in [-0.05, 0) is 19.3 Å². The molecule has 6 heteroatoms. The first-order chi connectivity index (χ1) is 7.27. The van der Waals surface area contributed by atoms with Gasteiger partial charge in [0.1, 0.15) is 0 Å². The van der Waals surface area contributed by atoms with Crippen molar-refractivity contribution in [2.75, 3.05) is 25.1 Å². The van der Waals surface area contributed by atoms with Crippen LogP contribution in [0.4, 0.5) is 5.82 Å². The van der Waals surface area contributed by atoms with E-state index < -0.39 is 0 Å². The number of rotatable bonds is 3. The molecule has 1 saturated heterocycles. The molecule has 1 atom stereocenters. The maximum atomic E-state index is 5.91. The van der Waals surface area contributed by atoms with Crippen molar-refractivity contribution >= 4 is 29.1 Å². The average molecular weight is 248 g/mol. The molecule has 15 heavy (non-hydrogen) atoms. The molecule has 0 aliphatic carbocycles. The van der Waals surface area contributed by atoms with E-state index in [1.54, 1.807) is 0 Å². The molecule has 2 rings (SSSR count). The molecule has 0 bridgehead atoms. The van der Waals surface area contributed by atoms with E-state index in [2.05, 4.69) is 8.75 Å². The van der Waals surface area contributed by atoms with Crippen LogP contribution in [0.3, 0.4) is 0 Å². The third-order valence-corrected chi connectivity index (χ3v) is 3.42. The van der Waals surface area contributed by atoms with Crippen LogP contribution in [0.2, 0.25) is 5.15 Å². The largest absolute Gasteiger partial charge is 0.376 e. The summed E-state index contributed by atoms with van der Waals surface area (Å²) >= 11 is 7.05. The van der Waals surface area contributed by atoms with Crippen molar-refractivity contribution in [1.29, 1.82) is 0 Å². The predicted molar refractivity (Wildman–Crippen MR) is 61.8 cm³/mol. The maximum Gasteiger partial charge on any atom is 0.187 e. The van der Waals surface area contributed by atoms with E-state index in [0.717, 1.165) is 37.1 Å². The van der Waals surface area contributed by atoms with E-state index in [-0.39, 0.29) is 0 Å². The number of hydrogen-bond acceptors (Lipinski definition) is 5. The Hall–Kier alpha value is -0.390. The fraction of sp³-hybridized carbons (Fsp3) is 0.778. The fourth-order valence-corrected chi connectivity index (χ4v) is 2.57. The van der Waals surface area contributed by atoms with Crippen LogP contribution in [0.25, 0.3) is 0 Å². The lowest BCUT2D eigenvalue weighted by Crippen LogP contribution is -2.33. The van der Waals surface area contributed by atoms with Crippen molar-refractivity contribution < 1.29 is 4.74 Å². The van der Waals surface area contributed by atoms with Crippen LogP contribution in [0, 0.1) is 0 Å². The van der Waals surface area contributed by atoms with Crippen LogP contribution in [-0.2, 0) is 4.74 Å². The molecular formula is C9H14ClN3OS. The quantitative estimate of drug-likeness (QED) is 0.821. The third kappa shape index (κ3) is 2.80. The summed E-state index contributed by atoms with van der Waals surface area (Å²) in [7, 11) is 1.97. The van der Waals surface area contributed by atoms with Crippen LogP contribution < -0.4 is 4.90 Å². The summed E-state index contributed by atoms with van der Waals surface area (Å²) in [4.78, 5) is 2.02. The van der Waals surface area contributed by atoms with Crippen molar-refractivity contribution in [2.24, 2.45) is 0 Å². The number of ether oxygens (including phenoxy) is 1. The Morgan fingerprint density at radius 3 is 3.00 bits per heavy atom. The van der Waals surface area contributed by atoms with Crippen molar-refractivity contribution in [3.05, 3.63) is 5.15 Å². The Morgan fingerprint density at radius 1 is 1.53 bits per heavy atom. The lowest BCUT2D eigenvalue weighted by molar-refractivity contribution is 0.0215. The molecule has 0 saturated carbocycles. The Balaban J connectivity index is 1.91. The normalized spacial score (nSPS) is 21.6. The SMILES string of the molecule is CN(CC1CCCCO1)c1nsnc1Cl. The molecule has 0 spiro atoms. The number of aromatic nitrogens is 2. The first kappa shape index (κ1) is 11.1. The first-order valence-electron chi connectivity index (χ1n) is 5.08. The summed E-state index contributed by atoms with van der Waals surface area (Å²) in [5.74, 6) is 0.760. The van der Waals surface area contributed by atoms with Gasteiger partial charge in [0.2, 0.25) is 0 Å². The number of hydrogen-bond donors (Lipinski definition) is 0. The molecule has 1 aliphatic rings. The summed E-state index contributed by atoms with van der Waals surface area (Å²) in [6, 6.07) is 0. The second kappa shape index (κ2) is 5.09. The van der Waals surface area contributed by atoms with Gasteiger partial charge >= 0.3 is 0 Å². The first-order valence-corrected chi connectivity index (χ1v) is 6.19. The molecule has 0 aromatic carbocycles. The molecule has 1 aromatic heterocycles. The summed E-state index contributed by atoms with van der Waals surface area (Å²) in [5, 5.41) is 0.485. The Kier molecular flexibility index (Phi) is 3.77. The summed E-state index contributed by atoms with van der Waals surface area (Å²) < 4.78 is 13.8. The molecule has 2 heterocycles. The van der Waals surface area contributed by atoms with E-state index in [0.29, 0.717) is 11.3 Å². The molecule has 0 amide bonds. The molecule has 1 aromatic rings. The molecule has 84 valence electrons. The predicted octanol–water partition coefficient (Wildman–Crippen LogP) is 2.20. The van der Waals surface area contributed by atoms with Gasteiger partial charge in [-0.3, -0.25) is 0 Å². The highest BCUT2D eigenvalue weighted by molar-refractivity contribution is 6.99. The maximum absolute atomic E-state index is 5.91. The van der Waals surface area contributed by atoms with Gasteiger partial charge in [-0.1, -0.05) is 11.6 Å². The van der Waals surface area contributed by atoms with E-state index in [1.165, 1.54) is 12.8 Å². The standard InChI is InChI=1S/C9H14ClN3OS/c1-13(9-8(10)11-15-12-9)6-7-4-2-3-5-14-7/h7H,2-6H2,1H3. The Labute approximate surface area is 98.5 Å². The van der Waals surface area contributed by atoms with Crippen molar-refractivity contribution in [1.82, 2.24) is 8.75 Å². The highest BCUT2D eigenvalue weighted by atomic mass is 35.5. The van der Waals surface area contributed by atoms with E-state index in [1.807, 2.05) is 11.9 Å². The number of anilines is 1. The smallest absolute Gasteiger partial charge is 0.187 e. The zero-order valence-corrected chi connectivity index (χ0v) is 10.2. The third-order valence-electron chi connectivity index (χ3n) is 2.55. The van der Waals surface area contributed by atoms with Crippen LogP contribution in [0.5, 0.6) is 0 Å². The second-order valence-corrected chi connectivity index (χ2v) is 4.63. The molecule has 1 aliphatic heterocycles. The average Bonchev–Trinajstić information content (AvgIpc) is 2.66. The minimum atomic E-state index is 0.307. The van der Waals surface area contributed by atoms with E-state index >= 15 is 0 Å². The van der Waals surface area contributed by atoms with Crippen molar-refractivity contribution in [3.63, 3.8) is 0 Å². The fourth-order valence-electron chi connectivity index (χ4n) is 1.74. The van der Waals surface area contributed by atoms with Crippen molar-refractivity contribution in [2.45, 2.75) is 25.4 Å². The second-order valence-electron chi connectivity index (χ2n) is 3.75. The van der Waals surface area contributed by atoms with Gasteiger partial charge in [0, 0.05) is 20.2 Å². The Morgan fingerprint density at radius 2 is 2.40 bits per heavy atom. The highest BCUT2D eigenvalue weighted by Crippen LogP contribution is 2.23. The molecule has 0 radical (unpaired) electrons. The lowest BCUT2D eigenvalue weighted by Gasteiger charge is -2.27. The van der Waals surface area contributed by atoms with Crippen LogP contribution in [-0.4, -0.2) is 35.1 Å². The van der Waals surface area contributed by atoms with Crippen molar-refractivity contribution in [3.8, 4) is 0 Å². The molecule has 4 nitrogen and oxygen atoms in total. The zero-order valence-electron chi connectivity index (χ0n) is 8.65. The zero-order chi connectivity index (χ0) is 10.7. The van der Waals surface area contributed by atoms with Gasteiger partial charge in [-0.25, -0.2) is 0 Å². The minimum absolute atomic E-state index is 0.307. The van der Waals surface area contributed by atoms with Crippen LogP contribution in [0.15, 0.2) is 0 Å². The van der Waals surface area contributed by atoms with Gasteiger partial charge < -0.3 is 9.64 Å². The number of halogens is 1. The summed E-state index contributed by atoms with van der Waals surface area (Å²) in [6.07, 6.45) is 3.86. The van der Waals surface area contributed by atoms with E-state index in [4.69, 9.17) is 16.3 Å². The van der Waals surface area contributed by atoms with Gasteiger partial charge in [0.15, 0.2) is 11.0 Å². The summed E-state index contributed by atoms with van der Waals surface area (Å²) in [5.41, 5.74) is 0. The van der Waals surface area contributed by atoms with Crippen LogP contribution in [0.1, 0.15) is 19.3 Å². The topological polar surface area (TPSA) is 38.2 Å². The van der Waals surface area contributed by atoms with Crippen LogP contribution >= 0.6 is 23.3 Å². The highest BCUT2D eigenvalue weighted by Gasteiger charge is 2.18.